The van der Waals surface area contributed by atoms with E-state index in [2.05, 4.69) is 17.6 Å². The smallest absolute Gasteiger partial charge is 0.227 e. The van der Waals surface area contributed by atoms with Gasteiger partial charge in [0.25, 0.3) is 0 Å². The molecule has 0 bridgehead atoms. The van der Waals surface area contributed by atoms with Crippen LogP contribution in [0.2, 0.25) is 0 Å². The molecule has 2 N–H and O–H groups in total. The molecule has 0 radical (unpaired) electrons. The highest BCUT2D eigenvalue weighted by Gasteiger charge is 2.39. The third kappa shape index (κ3) is 4.46. The Kier molecular flexibility index (Phi) is 5.64. The summed E-state index contributed by atoms with van der Waals surface area (Å²) < 4.78 is 5.57. The summed E-state index contributed by atoms with van der Waals surface area (Å²) in [6, 6.07) is 0. The minimum Gasteiger partial charge on any atom is -0.381 e. The van der Waals surface area contributed by atoms with Crippen LogP contribution in [0.3, 0.4) is 0 Å². The van der Waals surface area contributed by atoms with Gasteiger partial charge in [-0.25, -0.2) is 0 Å². The van der Waals surface area contributed by atoms with E-state index in [4.69, 9.17) is 4.74 Å². The van der Waals surface area contributed by atoms with Gasteiger partial charge in [-0.2, -0.15) is 0 Å². The van der Waals surface area contributed by atoms with Gasteiger partial charge in [0.15, 0.2) is 0 Å². The van der Waals surface area contributed by atoms with Gasteiger partial charge in [-0.1, -0.05) is 13.3 Å². The highest BCUT2D eigenvalue weighted by atomic mass is 16.5. The van der Waals surface area contributed by atoms with Crippen molar-refractivity contribution in [3.8, 4) is 0 Å². The monoisotopic (exact) mass is 268 g/mol. The van der Waals surface area contributed by atoms with E-state index in [0.717, 1.165) is 64.4 Å². The van der Waals surface area contributed by atoms with Crippen LogP contribution >= 0.6 is 0 Å². The van der Waals surface area contributed by atoms with Crippen molar-refractivity contribution in [1.29, 1.82) is 0 Å². The van der Waals surface area contributed by atoms with E-state index < -0.39 is 0 Å². The molecular weight excluding hydrogens is 240 g/mol. The van der Waals surface area contributed by atoms with Crippen LogP contribution in [-0.4, -0.2) is 38.8 Å². The van der Waals surface area contributed by atoms with Crippen molar-refractivity contribution in [3.05, 3.63) is 0 Å². The summed E-state index contributed by atoms with van der Waals surface area (Å²) in [4.78, 5) is 12.3. The lowest BCUT2D eigenvalue weighted by Gasteiger charge is -2.26. The first kappa shape index (κ1) is 14.8. The summed E-state index contributed by atoms with van der Waals surface area (Å²) in [6.45, 7) is 6.39. The van der Waals surface area contributed by atoms with Crippen LogP contribution < -0.4 is 10.6 Å². The van der Waals surface area contributed by atoms with Gasteiger partial charge < -0.3 is 15.4 Å². The normalized spacial score (nSPS) is 26.6. The second kappa shape index (κ2) is 7.25. The van der Waals surface area contributed by atoms with Crippen LogP contribution in [-0.2, 0) is 9.53 Å². The van der Waals surface area contributed by atoms with E-state index in [1.54, 1.807) is 0 Å². The Bertz CT molecular complexity index is 284. The summed E-state index contributed by atoms with van der Waals surface area (Å²) in [5.74, 6) is 1.06. The second-order valence-corrected chi connectivity index (χ2v) is 6.08. The molecule has 0 aromatic carbocycles. The molecule has 2 aliphatic rings. The summed E-state index contributed by atoms with van der Waals surface area (Å²) in [7, 11) is 0. The zero-order valence-electron chi connectivity index (χ0n) is 12.2. The predicted molar refractivity (Wildman–Crippen MR) is 76.0 cm³/mol. The van der Waals surface area contributed by atoms with Gasteiger partial charge in [0.2, 0.25) is 5.91 Å². The fourth-order valence-electron chi connectivity index (χ4n) is 2.84. The molecular formula is C15H28N2O2. The van der Waals surface area contributed by atoms with E-state index in [1.807, 2.05) is 0 Å². The molecule has 19 heavy (non-hydrogen) atoms. The van der Waals surface area contributed by atoms with Crippen molar-refractivity contribution in [3.63, 3.8) is 0 Å². The summed E-state index contributed by atoms with van der Waals surface area (Å²) in [6.07, 6.45) is 6.63. The molecule has 0 aromatic heterocycles. The van der Waals surface area contributed by atoms with Crippen LogP contribution in [0.25, 0.3) is 0 Å². The molecule has 1 saturated carbocycles. The quantitative estimate of drug-likeness (QED) is 0.626. The van der Waals surface area contributed by atoms with Crippen molar-refractivity contribution in [2.24, 2.45) is 11.3 Å². The first-order valence-electron chi connectivity index (χ1n) is 7.83. The molecule has 1 atom stereocenters. The summed E-state index contributed by atoms with van der Waals surface area (Å²) in [5.41, 5.74) is -0.149. The lowest BCUT2D eigenvalue weighted by molar-refractivity contribution is -0.130. The van der Waals surface area contributed by atoms with Crippen molar-refractivity contribution < 1.29 is 9.53 Å². The molecule has 4 nitrogen and oxygen atoms in total. The molecule has 0 aromatic rings. The van der Waals surface area contributed by atoms with Crippen LogP contribution in [0.15, 0.2) is 0 Å². The van der Waals surface area contributed by atoms with E-state index in [0.29, 0.717) is 0 Å². The lowest BCUT2D eigenvalue weighted by Crippen LogP contribution is -2.43. The maximum atomic E-state index is 12.3. The molecule has 1 amide bonds. The maximum absolute atomic E-state index is 12.3. The molecule has 110 valence electrons. The number of hydrogen-bond donors (Lipinski definition) is 2. The van der Waals surface area contributed by atoms with Gasteiger partial charge in [-0.05, 0) is 44.6 Å². The number of carbonyl (C=O) groups excluding carboxylic acids is 1. The first-order chi connectivity index (χ1) is 9.27. The van der Waals surface area contributed by atoms with E-state index in [1.165, 1.54) is 12.8 Å². The number of amides is 1. The maximum Gasteiger partial charge on any atom is 0.227 e. The first-order valence-corrected chi connectivity index (χ1v) is 7.83. The highest BCUT2D eigenvalue weighted by molar-refractivity contribution is 5.83. The summed E-state index contributed by atoms with van der Waals surface area (Å²) in [5, 5.41) is 6.42. The van der Waals surface area contributed by atoms with Crippen molar-refractivity contribution >= 4 is 5.91 Å². The van der Waals surface area contributed by atoms with Gasteiger partial charge in [0.1, 0.15) is 0 Å². The fraction of sp³-hybridized carbons (Fsp3) is 0.933. The van der Waals surface area contributed by atoms with E-state index >= 15 is 0 Å². The zero-order valence-corrected chi connectivity index (χ0v) is 12.2. The van der Waals surface area contributed by atoms with Crippen LogP contribution in [0, 0.1) is 11.3 Å². The van der Waals surface area contributed by atoms with E-state index in [-0.39, 0.29) is 11.3 Å². The molecule has 2 rings (SSSR count). The van der Waals surface area contributed by atoms with Gasteiger partial charge in [-0.3, -0.25) is 4.79 Å². The molecule has 0 spiro atoms. The Balaban J connectivity index is 1.59. The molecule has 1 aliphatic carbocycles. The Morgan fingerprint density at radius 2 is 2.32 bits per heavy atom. The van der Waals surface area contributed by atoms with Gasteiger partial charge >= 0.3 is 0 Å². The number of nitrogens with one attached hydrogen (secondary N) is 2. The molecule has 4 heteroatoms. The topological polar surface area (TPSA) is 50.4 Å². The number of ether oxygens (including phenoxy) is 1. The zero-order chi connectivity index (χ0) is 13.6. The highest BCUT2D eigenvalue weighted by Crippen LogP contribution is 2.31. The lowest BCUT2D eigenvalue weighted by atomic mass is 9.81. The van der Waals surface area contributed by atoms with Crippen molar-refractivity contribution in [1.82, 2.24) is 10.6 Å². The van der Waals surface area contributed by atoms with Gasteiger partial charge in [0, 0.05) is 26.3 Å². The molecule has 1 saturated heterocycles. The molecule has 1 unspecified atom stereocenters. The Hall–Kier alpha value is -0.610. The average Bonchev–Trinajstić information content (AvgIpc) is 3.11. The predicted octanol–water partition coefficient (Wildman–Crippen LogP) is 1.70. The van der Waals surface area contributed by atoms with Crippen molar-refractivity contribution in [2.45, 2.75) is 45.4 Å². The number of carbonyl (C=O) groups is 1. The largest absolute Gasteiger partial charge is 0.381 e. The van der Waals surface area contributed by atoms with Gasteiger partial charge in [-0.15, -0.1) is 0 Å². The van der Waals surface area contributed by atoms with E-state index in [9.17, 15) is 4.79 Å². The van der Waals surface area contributed by atoms with Crippen LogP contribution in [0.1, 0.15) is 45.4 Å². The third-order valence-corrected chi connectivity index (χ3v) is 4.26. The minimum atomic E-state index is -0.149. The second-order valence-electron chi connectivity index (χ2n) is 6.08. The molecule has 1 aliphatic heterocycles. The Morgan fingerprint density at radius 3 is 2.95 bits per heavy atom. The van der Waals surface area contributed by atoms with Crippen LogP contribution in [0.4, 0.5) is 0 Å². The molecule has 2 fully saturated rings. The number of hydrogen-bond acceptors (Lipinski definition) is 3. The summed E-state index contributed by atoms with van der Waals surface area (Å²) >= 11 is 0. The molecule has 1 heterocycles. The van der Waals surface area contributed by atoms with Crippen molar-refractivity contribution in [2.75, 3.05) is 32.8 Å². The minimum absolute atomic E-state index is 0.149. The van der Waals surface area contributed by atoms with Gasteiger partial charge in [0.05, 0.1) is 5.41 Å². The Morgan fingerprint density at radius 1 is 1.47 bits per heavy atom. The third-order valence-electron chi connectivity index (χ3n) is 4.26. The number of rotatable bonds is 9. The standard InChI is InChI=1S/C15H28N2O2/c1-2-6-15(7-9-16-12-15)14(18)17-8-3-10-19-11-13-4-5-13/h13,16H,2-12H2,1H3,(H,17,18). The Labute approximate surface area is 116 Å². The SMILES string of the molecule is CCCC1(C(=O)NCCCOCC2CC2)CCNC1. The average molecular weight is 268 g/mol. The fourth-order valence-corrected chi connectivity index (χ4v) is 2.84. The van der Waals surface area contributed by atoms with Crippen LogP contribution in [0.5, 0.6) is 0 Å².